The zero-order valence-electron chi connectivity index (χ0n) is 32.0. The van der Waals surface area contributed by atoms with Crippen molar-refractivity contribution < 1.29 is 18.0 Å². The Morgan fingerprint density at radius 1 is 0.771 bits per heavy atom. The van der Waals surface area contributed by atoms with E-state index in [1.807, 2.05) is 34.9 Å². The lowest BCUT2D eigenvalue weighted by Crippen LogP contribution is -2.54. The third-order valence-electron chi connectivity index (χ3n) is 11.0. The summed E-state index contributed by atoms with van der Waals surface area (Å²) < 4.78 is 30.5. The second-order valence-corrected chi connectivity index (χ2v) is 32.0. The molecule has 264 valence electrons. The fourth-order valence-corrected chi connectivity index (χ4v) is 8.32. The van der Waals surface area contributed by atoms with Crippen LogP contribution in [0.5, 0.6) is 0 Å². The number of rotatable bonds is 8. The Morgan fingerprint density at radius 3 is 1.85 bits per heavy atom. The van der Waals surface area contributed by atoms with Crippen molar-refractivity contribution in [1.82, 2.24) is 19.5 Å². The van der Waals surface area contributed by atoms with Gasteiger partial charge in [-0.3, -0.25) is 4.57 Å². The van der Waals surface area contributed by atoms with Gasteiger partial charge in [0, 0.05) is 5.56 Å². The van der Waals surface area contributed by atoms with Gasteiger partial charge in [0.1, 0.15) is 23.8 Å². The molecule has 2 aromatic heterocycles. The first kappa shape index (κ1) is 38.4. The smallest absolute Gasteiger partial charge is 0.209 e. The standard InChI is InChI=1S/C36H59N5O4Si3/c1-34(2,3)46(10,11)42-23-26-29(44-47(12,13)35(4,5)6)30(45-48(14,15)36(7,8)9)33(43-26)41-24-38-28-31(37)39-27(40-32(28)41)22-21-25-19-17-16-18-20-25/h16-20,24,26,29-30,33H,23H2,1-15H3,(H2,37,39,40)/t26-,29-,30-,33-/m1/s1. The molecule has 1 saturated heterocycles. The summed E-state index contributed by atoms with van der Waals surface area (Å²) in [6, 6.07) is 9.75. The molecule has 3 aromatic rings. The van der Waals surface area contributed by atoms with Gasteiger partial charge in [-0.05, 0) is 72.5 Å². The van der Waals surface area contributed by atoms with Gasteiger partial charge in [0.05, 0.1) is 12.9 Å². The maximum Gasteiger partial charge on any atom is 0.209 e. The molecule has 3 heterocycles. The highest BCUT2D eigenvalue weighted by Gasteiger charge is 2.55. The van der Waals surface area contributed by atoms with Crippen molar-refractivity contribution in [1.29, 1.82) is 0 Å². The third kappa shape index (κ3) is 8.15. The highest BCUT2D eigenvalue weighted by molar-refractivity contribution is 6.75. The molecule has 1 fully saturated rings. The van der Waals surface area contributed by atoms with Crippen LogP contribution in [0, 0.1) is 11.8 Å². The summed E-state index contributed by atoms with van der Waals surface area (Å²) in [5.74, 6) is 6.83. The Bertz CT molecular complexity index is 1640. The summed E-state index contributed by atoms with van der Waals surface area (Å²) in [6.07, 6.45) is -0.0422. The van der Waals surface area contributed by atoms with Crippen LogP contribution in [-0.2, 0) is 18.0 Å². The lowest BCUT2D eigenvalue weighted by molar-refractivity contribution is -0.0470. The summed E-state index contributed by atoms with van der Waals surface area (Å²) in [4.78, 5) is 14.0. The number of fused-ring (bicyclic) bond motifs is 1. The molecule has 0 saturated carbocycles. The first-order valence-corrected chi connectivity index (χ1v) is 25.8. The molecule has 0 bridgehead atoms. The predicted octanol–water partition coefficient (Wildman–Crippen LogP) is 8.51. The molecule has 0 amide bonds. The zero-order chi connectivity index (χ0) is 36.1. The predicted molar refractivity (Wildman–Crippen MR) is 203 cm³/mol. The van der Waals surface area contributed by atoms with E-state index >= 15 is 0 Å². The number of aromatic nitrogens is 4. The molecule has 4 rings (SSSR count). The van der Waals surface area contributed by atoms with Crippen LogP contribution in [0.2, 0.25) is 54.4 Å². The molecule has 12 heteroatoms. The van der Waals surface area contributed by atoms with Gasteiger partial charge < -0.3 is 23.7 Å². The largest absolute Gasteiger partial charge is 0.414 e. The van der Waals surface area contributed by atoms with Gasteiger partial charge in [-0.1, -0.05) is 86.4 Å². The molecular formula is C36H59N5O4Si3. The highest BCUT2D eigenvalue weighted by Crippen LogP contribution is 2.47. The molecule has 48 heavy (non-hydrogen) atoms. The van der Waals surface area contributed by atoms with Gasteiger partial charge in [-0.2, -0.15) is 0 Å². The van der Waals surface area contributed by atoms with E-state index in [1.165, 1.54) is 0 Å². The number of nitrogen functional groups attached to an aromatic ring is 1. The van der Waals surface area contributed by atoms with Gasteiger partial charge in [0.25, 0.3) is 0 Å². The molecule has 4 atom stereocenters. The van der Waals surface area contributed by atoms with Crippen LogP contribution < -0.4 is 5.73 Å². The maximum atomic E-state index is 7.33. The number of ether oxygens (including phenoxy) is 1. The minimum absolute atomic E-state index is 0.0207. The van der Waals surface area contributed by atoms with E-state index in [1.54, 1.807) is 6.33 Å². The lowest BCUT2D eigenvalue weighted by atomic mass is 10.1. The van der Waals surface area contributed by atoms with Crippen molar-refractivity contribution in [2.24, 2.45) is 0 Å². The van der Waals surface area contributed by atoms with Crippen LogP contribution in [0.4, 0.5) is 5.82 Å². The number of benzene rings is 1. The summed E-state index contributed by atoms with van der Waals surface area (Å²) >= 11 is 0. The van der Waals surface area contributed by atoms with Gasteiger partial charge in [0.2, 0.25) is 5.82 Å². The van der Waals surface area contributed by atoms with Crippen molar-refractivity contribution in [2.75, 3.05) is 12.3 Å². The van der Waals surface area contributed by atoms with Crippen LogP contribution in [0.3, 0.4) is 0 Å². The second kappa shape index (κ2) is 13.4. The van der Waals surface area contributed by atoms with Crippen LogP contribution in [0.15, 0.2) is 36.7 Å². The van der Waals surface area contributed by atoms with Crippen LogP contribution in [0.1, 0.15) is 79.9 Å². The van der Waals surface area contributed by atoms with E-state index in [0.29, 0.717) is 23.6 Å². The Hall–Kier alpha value is -2.38. The van der Waals surface area contributed by atoms with Crippen molar-refractivity contribution in [3.05, 3.63) is 48.0 Å². The SMILES string of the molecule is CC(C)(C)[Si](C)(C)OC[C@H]1O[C@@H](n2cnc3c(N)nc(C#Cc4ccccc4)nc32)[C@H](O[Si](C)(C)C(C)(C)C)[C@@H]1O[Si](C)(C)C(C)(C)C. The van der Waals surface area contributed by atoms with E-state index in [0.717, 1.165) is 5.56 Å². The van der Waals surface area contributed by atoms with E-state index < -0.39 is 37.3 Å². The number of hydrogen-bond donors (Lipinski definition) is 1. The van der Waals surface area contributed by atoms with Crippen LogP contribution >= 0.6 is 0 Å². The molecule has 0 unspecified atom stereocenters. The van der Waals surface area contributed by atoms with Crippen molar-refractivity contribution >= 4 is 41.9 Å². The minimum atomic E-state index is -2.34. The van der Waals surface area contributed by atoms with E-state index in [4.69, 9.17) is 28.7 Å². The molecule has 1 aliphatic rings. The highest BCUT2D eigenvalue weighted by atomic mass is 28.4. The van der Waals surface area contributed by atoms with Crippen molar-refractivity contribution in [3.8, 4) is 11.8 Å². The summed E-state index contributed by atoms with van der Waals surface area (Å²) in [5.41, 5.74) is 8.37. The number of nitrogens with zero attached hydrogens (tertiary/aromatic N) is 4. The van der Waals surface area contributed by atoms with Crippen LogP contribution in [-0.4, -0.2) is 69.4 Å². The normalized spacial score (nSPS) is 21.4. The Morgan fingerprint density at radius 2 is 1.31 bits per heavy atom. The second-order valence-electron chi connectivity index (χ2n) is 17.7. The number of hydrogen-bond acceptors (Lipinski definition) is 8. The third-order valence-corrected chi connectivity index (χ3v) is 24.4. The fraction of sp³-hybridized carbons (Fsp3) is 0.639. The number of anilines is 1. The molecule has 9 nitrogen and oxygen atoms in total. The van der Waals surface area contributed by atoms with Gasteiger partial charge in [-0.15, -0.1) is 0 Å². The quantitative estimate of drug-likeness (QED) is 0.183. The Labute approximate surface area is 292 Å². The monoisotopic (exact) mass is 709 g/mol. The molecule has 1 aliphatic heterocycles. The molecule has 0 aliphatic carbocycles. The van der Waals surface area contributed by atoms with Crippen molar-refractivity contribution in [2.45, 2.75) is 141 Å². The van der Waals surface area contributed by atoms with Crippen molar-refractivity contribution in [3.63, 3.8) is 0 Å². The Kier molecular flexibility index (Phi) is 10.7. The Balaban J connectivity index is 1.86. The lowest BCUT2D eigenvalue weighted by Gasteiger charge is -2.44. The average Bonchev–Trinajstić information content (AvgIpc) is 3.50. The summed E-state index contributed by atoms with van der Waals surface area (Å²) in [7, 11) is -6.74. The van der Waals surface area contributed by atoms with E-state index in [2.05, 4.69) is 123 Å². The number of imidazole rings is 1. The minimum Gasteiger partial charge on any atom is -0.414 e. The van der Waals surface area contributed by atoms with Gasteiger partial charge in [-0.25, -0.2) is 15.0 Å². The molecule has 1 aromatic carbocycles. The topological polar surface area (TPSA) is 107 Å². The first-order chi connectivity index (χ1) is 21.8. The molecule has 2 N–H and O–H groups in total. The number of nitrogens with two attached hydrogens (primary N) is 1. The van der Waals surface area contributed by atoms with E-state index in [9.17, 15) is 0 Å². The molecule has 0 spiro atoms. The van der Waals surface area contributed by atoms with Gasteiger partial charge >= 0.3 is 0 Å². The van der Waals surface area contributed by atoms with E-state index in [-0.39, 0.29) is 33.1 Å². The molecule has 0 radical (unpaired) electrons. The maximum absolute atomic E-state index is 7.33. The van der Waals surface area contributed by atoms with Gasteiger partial charge in [0.15, 0.2) is 42.6 Å². The summed E-state index contributed by atoms with van der Waals surface area (Å²) in [5, 5.41) is -0.0181. The summed E-state index contributed by atoms with van der Waals surface area (Å²) in [6.45, 7) is 34.4. The van der Waals surface area contributed by atoms with Crippen LogP contribution in [0.25, 0.3) is 11.2 Å². The first-order valence-electron chi connectivity index (χ1n) is 17.1. The molecular weight excluding hydrogens is 651 g/mol. The zero-order valence-corrected chi connectivity index (χ0v) is 35.0. The average molecular weight is 710 g/mol. The fourth-order valence-electron chi connectivity index (χ4n) is 4.70.